The third-order valence-electron chi connectivity index (χ3n) is 7.07. The summed E-state index contributed by atoms with van der Waals surface area (Å²) in [4.78, 5) is 25.6. The quantitative estimate of drug-likeness (QED) is 0.494. The molecule has 0 atom stereocenters. The summed E-state index contributed by atoms with van der Waals surface area (Å²) >= 11 is 6.14. The molecule has 1 fully saturated rings. The second-order valence-electron chi connectivity index (χ2n) is 9.18. The number of nitrogens with zero attached hydrogens (tertiary/aromatic N) is 3. The van der Waals surface area contributed by atoms with Crippen LogP contribution >= 0.6 is 11.6 Å². The molecule has 1 saturated carbocycles. The van der Waals surface area contributed by atoms with Gasteiger partial charge in [-0.25, -0.2) is 4.98 Å². The number of fused-ring (bicyclic) bond motifs is 1. The van der Waals surface area contributed by atoms with Crippen LogP contribution in [0.1, 0.15) is 44.1 Å². The maximum atomic E-state index is 13.4. The standard InChI is InChI=1S/C27H31ClN4O/c28-22-9-10-23-24(19-30-25(23)18-22)20-11-14-31(15-12-20)16-17-32(26-8-4-5-13-29-26)27(33)21-6-2-1-3-7-21/h4-5,8-11,13,18-19,21,30H,1-3,6-7,12,14-17H2. The van der Waals surface area contributed by atoms with Gasteiger partial charge in [-0.05, 0) is 49.1 Å². The van der Waals surface area contributed by atoms with Gasteiger partial charge < -0.3 is 4.98 Å². The van der Waals surface area contributed by atoms with Gasteiger partial charge in [-0.3, -0.25) is 14.6 Å². The highest BCUT2D eigenvalue weighted by molar-refractivity contribution is 6.31. The molecular weight excluding hydrogens is 432 g/mol. The van der Waals surface area contributed by atoms with Crippen molar-refractivity contribution in [2.45, 2.75) is 38.5 Å². The smallest absolute Gasteiger partial charge is 0.231 e. The van der Waals surface area contributed by atoms with Gasteiger partial charge >= 0.3 is 0 Å². The third kappa shape index (κ3) is 4.99. The van der Waals surface area contributed by atoms with Gasteiger partial charge in [0.1, 0.15) is 5.82 Å². The highest BCUT2D eigenvalue weighted by Crippen LogP contribution is 2.31. The van der Waals surface area contributed by atoms with E-state index in [1.54, 1.807) is 6.20 Å². The van der Waals surface area contributed by atoms with E-state index < -0.39 is 0 Å². The molecule has 0 spiro atoms. The third-order valence-corrected chi connectivity index (χ3v) is 7.30. The Kier molecular flexibility index (Phi) is 6.79. The molecule has 0 unspecified atom stereocenters. The molecule has 1 aliphatic carbocycles. The minimum absolute atomic E-state index is 0.143. The lowest BCUT2D eigenvalue weighted by Crippen LogP contribution is -2.43. The number of hydrogen-bond acceptors (Lipinski definition) is 3. The molecule has 33 heavy (non-hydrogen) atoms. The Balaban J connectivity index is 1.25. The van der Waals surface area contributed by atoms with Crippen molar-refractivity contribution >= 4 is 39.8 Å². The fraction of sp³-hybridized carbons (Fsp3) is 0.407. The van der Waals surface area contributed by atoms with Gasteiger partial charge in [0, 0.05) is 66.0 Å². The molecular formula is C27H31ClN4O. The van der Waals surface area contributed by atoms with Crippen molar-refractivity contribution in [3.8, 4) is 0 Å². The first-order chi connectivity index (χ1) is 16.2. The number of nitrogens with one attached hydrogen (secondary N) is 1. The van der Waals surface area contributed by atoms with Crippen LogP contribution in [-0.4, -0.2) is 47.0 Å². The van der Waals surface area contributed by atoms with Gasteiger partial charge in [0.05, 0.1) is 0 Å². The van der Waals surface area contributed by atoms with Crippen molar-refractivity contribution in [2.75, 3.05) is 31.1 Å². The number of halogens is 1. The van der Waals surface area contributed by atoms with E-state index in [0.29, 0.717) is 6.54 Å². The zero-order chi connectivity index (χ0) is 22.6. The molecule has 0 bridgehead atoms. The van der Waals surface area contributed by atoms with Crippen molar-refractivity contribution in [2.24, 2.45) is 5.92 Å². The maximum Gasteiger partial charge on any atom is 0.231 e. The number of benzene rings is 1. The molecule has 3 aromatic rings. The van der Waals surface area contributed by atoms with Gasteiger partial charge in [0.15, 0.2) is 0 Å². The van der Waals surface area contributed by atoms with Crippen LogP contribution in [0, 0.1) is 5.92 Å². The summed E-state index contributed by atoms with van der Waals surface area (Å²) in [6, 6.07) is 11.9. The van der Waals surface area contributed by atoms with E-state index in [-0.39, 0.29) is 11.8 Å². The van der Waals surface area contributed by atoms with Gasteiger partial charge in [0.2, 0.25) is 5.91 Å². The van der Waals surface area contributed by atoms with Crippen LogP contribution in [0.4, 0.5) is 5.82 Å². The topological polar surface area (TPSA) is 52.2 Å². The molecule has 6 heteroatoms. The van der Waals surface area contributed by atoms with E-state index in [0.717, 1.165) is 68.1 Å². The van der Waals surface area contributed by atoms with Crippen molar-refractivity contribution in [3.05, 3.63) is 65.5 Å². The molecule has 0 saturated heterocycles. The number of amides is 1. The summed E-state index contributed by atoms with van der Waals surface area (Å²) in [6.45, 7) is 3.41. The summed E-state index contributed by atoms with van der Waals surface area (Å²) < 4.78 is 0. The average molecular weight is 463 g/mol. The molecule has 2 aliphatic rings. The van der Waals surface area contributed by atoms with Gasteiger partial charge in [-0.15, -0.1) is 0 Å². The summed E-state index contributed by atoms with van der Waals surface area (Å²) in [7, 11) is 0. The Morgan fingerprint density at radius 1 is 1.18 bits per heavy atom. The van der Waals surface area contributed by atoms with E-state index in [9.17, 15) is 4.79 Å². The molecule has 2 aromatic heterocycles. The molecule has 1 N–H and O–H groups in total. The van der Waals surface area contributed by atoms with E-state index in [2.05, 4.69) is 33.2 Å². The van der Waals surface area contributed by atoms with Crippen molar-refractivity contribution in [3.63, 3.8) is 0 Å². The lowest BCUT2D eigenvalue weighted by atomic mass is 9.88. The molecule has 172 valence electrons. The molecule has 5 rings (SSSR count). The Bertz CT molecular complexity index is 1130. The fourth-order valence-corrected chi connectivity index (χ4v) is 5.36. The summed E-state index contributed by atoms with van der Waals surface area (Å²) in [5.74, 6) is 1.17. The average Bonchev–Trinajstić information content (AvgIpc) is 3.28. The lowest BCUT2D eigenvalue weighted by Gasteiger charge is -2.32. The number of carbonyl (C=O) groups excluding carboxylic acids is 1. The van der Waals surface area contributed by atoms with E-state index in [4.69, 9.17) is 11.6 Å². The van der Waals surface area contributed by atoms with Crippen LogP contribution in [0.5, 0.6) is 0 Å². The summed E-state index contributed by atoms with van der Waals surface area (Å²) in [6.07, 6.45) is 12.8. The number of carbonyl (C=O) groups is 1. The Hall–Kier alpha value is -2.63. The highest BCUT2D eigenvalue weighted by atomic mass is 35.5. The van der Waals surface area contributed by atoms with Crippen LogP contribution in [0.3, 0.4) is 0 Å². The number of rotatable bonds is 6. The summed E-state index contributed by atoms with van der Waals surface area (Å²) in [5, 5.41) is 1.97. The SMILES string of the molecule is O=C(C1CCCCC1)N(CCN1CC=C(c2c[nH]c3cc(Cl)ccc23)CC1)c1ccccn1. The number of H-pyrrole nitrogens is 1. The first-order valence-electron chi connectivity index (χ1n) is 12.1. The predicted octanol–water partition coefficient (Wildman–Crippen LogP) is 5.92. The Morgan fingerprint density at radius 2 is 2.06 bits per heavy atom. The molecule has 3 heterocycles. The molecule has 1 aromatic carbocycles. The summed E-state index contributed by atoms with van der Waals surface area (Å²) in [5.41, 5.74) is 3.72. The van der Waals surface area contributed by atoms with Crippen molar-refractivity contribution < 1.29 is 4.79 Å². The molecule has 0 radical (unpaired) electrons. The van der Waals surface area contributed by atoms with Gasteiger partial charge in [0.25, 0.3) is 0 Å². The van der Waals surface area contributed by atoms with Crippen LogP contribution in [0.25, 0.3) is 16.5 Å². The minimum Gasteiger partial charge on any atom is -0.361 e. The second kappa shape index (κ2) is 10.1. The highest BCUT2D eigenvalue weighted by Gasteiger charge is 2.28. The van der Waals surface area contributed by atoms with Crippen LogP contribution in [0.15, 0.2) is 54.9 Å². The number of aromatic amines is 1. The van der Waals surface area contributed by atoms with Gasteiger partial charge in [-0.2, -0.15) is 0 Å². The zero-order valence-electron chi connectivity index (χ0n) is 19.0. The normalized spacial score (nSPS) is 17.8. The zero-order valence-corrected chi connectivity index (χ0v) is 19.7. The molecule has 1 amide bonds. The second-order valence-corrected chi connectivity index (χ2v) is 9.62. The van der Waals surface area contributed by atoms with Crippen molar-refractivity contribution in [1.82, 2.24) is 14.9 Å². The number of hydrogen-bond donors (Lipinski definition) is 1. The van der Waals surface area contributed by atoms with Crippen LogP contribution in [0.2, 0.25) is 5.02 Å². The van der Waals surface area contributed by atoms with Crippen LogP contribution in [-0.2, 0) is 4.79 Å². The minimum atomic E-state index is 0.143. The number of anilines is 1. The number of pyridine rings is 1. The number of aromatic nitrogens is 2. The van der Waals surface area contributed by atoms with E-state index in [1.165, 1.54) is 22.9 Å². The monoisotopic (exact) mass is 462 g/mol. The first kappa shape index (κ1) is 22.2. The van der Waals surface area contributed by atoms with E-state index >= 15 is 0 Å². The van der Waals surface area contributed by atoms with Gasteiger partial charge in [-0.1, -0.05) is 49.1 Å². The Morgan fingerprint density at radius 3 is 2.82 bits per heavy atom. The van der Waals surface area contributed by atoms with E-state index in [1.807, 2.05) is 35.2 Å². The predicted molar refractivity (Wildman–Crippen MR) is 136 cm³/mol. The molecule has 5 nitrogen and oxygen atoms in total. The molecule has 1 aliphatic heterocycles. The lowest BCUT2D eigenvalue weighted by molar-refractivity contribution is -0.123. The Labute approximate surface area is 200 Å². The van der Waals surface area contributed by atoms with Crippen LogP contribution < -0.4 is 4.90 Å². The maximum absolute atomic E-state index is 13.4. The first-order valence-corrected chi connectivity index (χ1v) is 12.5. The largest absolute Gasteiger partial charge is 0.361 e. The fourth-order valence-electron chi connectivity index (χ4n) is 5.19. The van der Waals surface area contributed by atoms with Crippen molar-refractivity contribution in [1.29, 1.82) is 0 Å².